The van der Waals surface area contributed by atoms with Gasteiger partial charge in [0, 0.05) is 36.4 Å². The van der Waals surface area contributed by atoms with Crippen molar-refractivity contribution in [2.45, 2.75) is 158 Å². The van der Waals surface area contributed by atoms with Crippen molar-refractivity contribution in [2.75, 3.05) is 0 Å². The highest BCUT2D eigenvalue weighted by molar-refractivity contribution is 6.73. The standard InChI is InChI=1S/C46H66O4Si/c1-14-51(15-2,16-3)49-40-29-38(8)41(43(9,10)32-40)28-27-36(6)24-19-23-34(4)21-17-18-22-35(5)25-20-26-37(7)42(48)33-46-44(11,12)30-39(47)31-45(46,13)50-46/h17-26,40H,14-16,29-33H2,1-13H3/b18-17+,23-19+,25-20+,34-21+,35-22+,36-24+,37-26+/t40-,45-,46+/m1/s1. The zero-order chi connectivity index (χ0) is 38.3. The van der Waals surface area contributed by atoms with Crippen molar-refractivity contribution in [1.82, 2.24) is 0 Å². The van der Waals surface area contributed by atoms with Crippen LogP contribution in [0.25, 0.3) is 0 Å². The molecule has 0 aromatic rings. The van der Waals surface area contributed by atoms with Crippen molar-refractivity contribution >= 4 is 19.9 Å². The van der Waals surface area contributed by atoms with Gasteiger partial charge in [0.05, 0.1) is 0 Å². The molecule has 0 amide bonds. The van der Waals surface area contributed by atoms with E-state index in [9.17, 15) is 9.59 Å². The predicted molar refractivity (Wildman–Crippen MR) is 218 cm³/mol. The van der Waals surface area contributed by atoms with E-state index in [1.807, 2.05) is 71.1 Å². The van der Waals surface area contributed by atoms with Crippen molar-refractivity contribution in [3.8, 4) is 11.8 Å². The molecule has 0 unspecified atom stereocenters. The topological polar surface area (TPSA) is 55.9 Å². The molecule has 4 nitrogen and oxygen atoms in total. The van der Waals surface area contributed by atoms with Gasteiger partial charge in [-0.05, 0) is 89.1 Å². The lowest BCUT2D eigenvalue weighted by Gasteiger charge is -2.41. The first kappa shape index (κ1) is 42.4. The summed E-state index contributed by atoms with van der Waals surface area (Å²) in [6, 6.07) is 3.57. The number of carbonyl (C=O) groups excluding carboxylic acids is 2. The molecule has 51 heavy (non-hydrogen) atoms. The van der Waals surface area contributed by atoms with Gasteiger partial charge in [0.2, 0.25) is 0 Å². The number of rotatable bonds is 14. The van der Waals surface area contributed by atoms with E-state index in [1.165, 1.54) is 29.3 Å². The van der Waals surface area contributed by atoms with Gasteiger partial charge in [-0.3, -0.25) is 9.59 Å². The van der Waals surface area contributed by atoms with Crippen LogP contribution in [-0.2, 0) is 18.8 Å². The Hall–Kier alpha value is -3.04. The van der Waals surface area contributed by atoms with Crippen molar-refractivity contribution in [2.24, 2.45) is 10.8 Å². The molecule has 1 saturated carbocycles. The van der Waals surface area contributed by atoms with Crippen molar-refractivity contribution in [3.63, 3.8) is 0 Å². The Labute approximate surface area is 312 Å². The van der Waals surface area contributed by atoms with Crippen LogP contribution in [0.2, 0.25) is 18.1 Å². The summed E-state index contributed by atoms with van der Waals surface area (Å²) in [6.45, 7) is 27.9. The van der Waals surface area contributed by atoms with Crippen LogP contribution in [0.3, 0.4) is 0 Å². The van der Waals surface area contributed by atoms with E-state index >= 15 is 0 Å². The van der Waals surface area contributed by atoms with Gasteiger partial charge >= 0.3 is 0 Å². The molecule has 5 heteroatoms. The second kappa shape index (κ2) is 17.2. The predicted octanol–water partition coefficient (Wildman–Crippen LogP) is 11.8. The van der Waals surface area contributed by atoms with Gasteiger partial charge in [-0.1, -0.05) is 138 Å². The van der Waals surface area contributed by atoms with Crippen molar-refractivity contribution in [3.05, 3.63) is 94.2 Å². The Morgan fingerprint density at radius 2 is 1.43 bits per heavy atom. The number of ketones is 2. The minimum Gasteiger partial charge on any atom is -0.414 e. The van der Waals surface area contributed by atoms with Crippen LogP contribution in [0.1, 0.15) is 122 Å². The summed E-state index contributed by atoms with van der Waals surface area (Å²) in [7, 11) is -1.63. The SMILES string of the molecule is CC[Si](CC)(CC)O[C@@H]1CC(C)=C(C#C/C(C)=C/C=C/C(C)=C/C=C/C=C(C)/C=C/C=C(\C)C(=O)C[C@@]23O[C@]2(C)CC(=O)CC3(C)C)C(C)(C)C1. The summed E-state index contributed by atoms with van der Waals surface area (Å²) in [6.07, 6.45) is 23.7. The van der Waals surface area contributed by atoms with Gasteiger partial charge in [-0.25, -0.2) is 0 Å². The number of fused-ring (bicyclic) bond motifs is 1. The van der Waals surface area contributed by atoms with Crippen LogP contribution in [0, 0.1) is 22.7 Å². The van der Waals surface area contributed by atoms with Gasteiger partial charge in [0.1, 0.15) is 17.0 Å². The lowest BCUT2D eigenvalue weighted by Crippen LogP contribution is -2.47. The summed E-state index contributed by atoms with van der Waals surface area (Å²) < 4.78 is 13.0. The molecule has 0 spiro atoms. The van der Waals surface area contributed by atoms with E-state index in [1.54, 1.807) is 0 Å². The molecular weight excluding hydrogens is 645 g/mol. The lowest BCUT2D eigenvalue weighted by atomic mass is 9.62. The van der Waals surface area contributed by atoms with E-state index < -0.39 is 19.5 Å². The molecule has 3 rings (SSSR count). The van der Waals surface area contributed by atoms with E-state index in [4.69, 9.17) is 9.16 Å². The average molecular weight is 711 g/mol. The molecule has 0 bridgehead atoms. The summed E-state index contributed by atoms with van der Waals surface area (Å²) >= 11 is 0. The number of epoxide rings is 1. The molecule has 0 aromatic carbocycles. The summed E-state index contributed by atoms with van der Waals surface area (Å²) in [4.78, 5) is 25.3. The van der Waals surface area contributed by atoms with Gasteiger partial charge in [0.15, 0.2) is 14.1 Å². The monoisotopic (exact) mass is 710 g/mol. The number of carbonyl (C=O) groups is 2. The maximum Gasteiger partial charge on any atom is 0.192 e. The molecule has 1 heterocycles. The first-order valence-electron chi connectivity index (χ1n) is 19.1. The number of hydrogen-bond acceptors (Lipinski definition) is 4. The maximum absolute atomic E-state index is 13.1. The van der Waals surface area contributed by atoms with Crippen LogP contribution < -0.4 is 0 Å². The van der Waals surface area contributed by atoms with Crippen molar-refractivity contribution < 1.29 is 18.8 Å². The third kappa shape index (κ3) is 10.5. The molecule has 0 radical (unpaired) electrons. The average Bonchev–Trinajstić information content (AvgIpc) is 3.65. The van der Waals surface area contributed by atoms with Crippen LogP contribution in [0.4, 0.5) is 0 Å². The largest absolute Gasteiger partial charge is 0.414 e. The first-order valence-corrected chi connectivity index (χ1v) is 21.7. The zero-order valence-electron chi connectivity index (χ0n) is 34.1. The van der Waals surface area contributed by atoms with Gasteiger partial charge in [0.25, 0.3) is 0 Å². The lowest BCUT2D eigenvalue weighted by molar-refractivity contribution is -0.126. The molecule has 1 aliphatic heterocycles. The zero-order valence-corrected chi connectivity index (χ0v) is 35.1. The fourth-order valence-corrected chi connectivity index (χ4v) is 11.2. The molecule has 2 aliphatic carbocycles. The maximum atomic E-state index is 13.1. The van der Waals surface area contributed by atoms with Crippen LogP contribution >= 0.6 is 0 Å². The highest BCUT2D eigenvalue weighted by Crippen LogP contribution is 2.66. The Bertz CT molecular complexity index is 1630. The van der Waals surface area contributed by atoms with E-state index in [0.29, 0.717) is 30.9 Å². The number of Topliss-reactive ketones (excluding diaryl/α,β-unsaturated/α-hetero) is 2. The third-order valence-corrected chi connectivity index (χ3v) is 16.4. The van der Waals surface area contributed by atoms with Gasteiger partial charge in [-0.2, -0.15) is 0 Å². The summed E-state index contributed by atoms with van der Waals surface area (Å²) in [5, 5.41) is 0. The highest BCUT2D eigenvalue weighted by atomic mass is 28.4. The fourth-order valence-electron chi connectivity index (χ4n) is 8.28. The molecule has 278 valence electrons. The third-order valence-electron chi connectivity index (χ3n) is 11.7. The highest BCUT2D eigenvalue weighted by Gasteiger charge is 2.76. The summed E-state index contributed by atoms with van der Waals surface area (Å²) in [5.41, 5.74) is 5.21. The molecule has 0 aromatic heterocycles. The molecular formula is C46H66O4Si. The second-order valence-corrected chi connectivity index (χ2v) is 21.6. The van der Waals surface area contributed by atoms with Crippen LogP contribution in [-0.4, -0.2) is 37.2 Å². The smallest absolute Gasteiger partial charge is 0.192 e. The Morgan fingerprint density at radius 3 is 1.96 bits per heavy atom. The Kier molecular flexibility index (Phi) is 14.3. The molecule has 0 N–H and O–H groups in total. The van der Waals surface area contributed by atoms with Gasteiger partial charge < -0.3 is 9.16 Å². The Balaban J connectivity index is 1.53. The summed E-state index contributed by atoms with van der Waals surface area (Å²) in [5.74, 6) is 7.24. The Morgan fingerprint density at radius 1 is 0.863 bits per heavy atom. The number of hydrogen-bond donors (Lipinski definition) is 0. The molecule has 2 fully saturated rings. The molecule has 1 saturated heterocycles. The quantitative estimate of drug-likeness (QED) is 0.0592. The van der Waals surface area contributed by atoms with Crippen LogP contribution in [0.5, 0.6) is 0 Å². The second-order valence-electron chi connectivity index (χ2n) is 16.8. The number of allylic oxidation sites excluding steroid dienone is 15. The van der Waals surface area contributed by atoms with E-state index in [-0.39, 0.29) is 22.4 Å². The minimum absolute atomic E-state index is 0.0132. The van der Waals surface area contributed by atoms with Crippen molar-refractivity contribution in [1.29, 1.82) is 0 Å². The normalized spacial score (nSPS) is 27.3. The van der Waals surface area contributed by atoms with Gasteiger partial charge in [-0.15, -0.1) is 0 Å². The van der Waals surface area contributed by atoms with E-state index in [0.717, 1.165) is 29.6 Å². The minimum atomic E-state index is -1.63. The molecule has 3 atom stereocenters. The molecule has 3 aliphatic rings. The van der Waals surface area contributed by atoms with E-state index in [2.05, 4.69) is 91.5 Å². The fraction of sp³-hybridized carbons (Fsp3) is 0.565. The van der Waals surface area contributed by atoms with Crippen LogP contribution in [0.15, 0.2) is 94.2 Å². The number of ether oxygens (including phenoxy) is 1. The first-order chi connectivity index (χ1) is 23.8.